The first kappa shape index (κ1) is 28.3. The van der Waals surface area contributed by atoms with Crippen molar-refractivity contribution in [2.45, 2.75) is 26.2 Å². The standard InChI is InChI=1S/C31H34FN5O4/c1-31(2,3)28-20-26(37(34-28)22-8-6-7-21(32)19-22)29(35-39)30(38)33-25-11-12-27(24-10-5-4-9-23(24)25)41-18-15-36-13-16-40-17-14-36/h4-12,19-20,39H,13-18H2,1-3H3,(H,33,38)/b35-29-. The minimum atomic E-state index is -0.642. The minimum Gasteiger partial charge on any atom is -0.492 e. The first-order valence-electron chi connectivity index (χ1n) is 13.6. The number of ether oxygens (including phenoxy) is 2. The topological polar surface area (TPSA) is 101 Å². The average molecular weight is 560 g/mol. The molecule has 214 valence electrons. The molecule has 10 heteroatoms. The number of rotatable bonds is 8. The lowest BCUT2D eigenvalue weighted by atomic mass is 9.92. The molecule has 1 fully saturated rings. The fourth-order valence-electron chi connectivity index (χ4n) is 4.73. The number of anilines is 1. The van der Waals surface area contributed by atoms with Crippen molar-refractivity contribution in [2.75, 3.05) is 44.8 Å². The first-order chi connectivity index (χ1) is 19.7. The molecule has 0 aliphatic carbocycles. The zero-order chi connectivity index (χ0) is 29.0. The number of oxime groups is 1. The molecule has 2 N–H and O–H groups in total. The van der Waals surface area contributed by atoms with Crippen molar-refractivity contribution in [3.63, 3.8) is 0 Å². The summed E-state index contributed by atoms with van der Waals surface area (Å²) in [4.78, 5) is 15.9. The van der Waals surface area contributed by atoms with Crippen molar-refractivity contribution in [3.8, 4) is 11.4 Å². The van der Waals surface area contributed by atoms with Crippen LogP contribution in [0, 0.1) is 5.82 Å². The minimum absolute atomic E-state index is 0.230. The number of nitrogens with zero attached hydrogens (tertiary/aromatic N) is 4. The molecule has 1 saturated heterocycles. The number of halogens is 1. The Morgan fingerprint density at radius 2 is 1.83 bits per heavy atom. The van der Waals surface area contributed by atoms with Crippen LogP contribution in [0.3, 0.4) is 0 Å². The molecule has 9 nitrogen and oxygen atoms in total. The summed E-state index contributed by atoms with van der Waals surface area (Å²) in [6.45, 7) is 10.5. The predicted molar refractivity (Wildman–Crippen MR) is 156 cm³/mol. The van der Waals surface area contributed by atoms with Crippen LogP contribution < -0.4 is 10.1 Å². The molecule has 5 rings (SSSR count). The van der Waals surface area contributed by atoms with Crippen LogP contribution in [-0.4, -0.2) is 71.0 Å². The summed E-state index contributed by atoms with van der Waals surface area (Å²) in [6, 6.07) is 18.8. The van der Waals surface area contributed by atoms with Crippen molar-refractivity contribution in [1.29, 1.82) is 0 Å². The number of carbonyl (C=O) groups excluding carboxylic acids is 1. The van der Waals surface area contributed by atoms with E-state index in [-0.39, 0.29) is 16.8 Å². The van der Waals surface area contributed by atoms with Crippen LogP contribution in [0.4, 0.5) is 10.1 Å². The Hall–Kier alpha value is -4.28. The van der Waals surface area contributed by atoms with Gasteiger partial charge in [-0.25, -0.2) is 9.07 Å². The van der Waals surface area contributed by atoms with Gasteiger partial charge in [0.1, 0.15) is 23.9 Å². The summed E-state index contributed by atoms with van der Waals surface area (Å²) >= 11 is 0. The van der Waals surface area contributed by atoms with Crippen molar-refractivity contribution in [3.05, 3.63) is 83.9 Å². The summed E-state index contributed by atoms with van der Waals surface area (Å²) < 4.78 is 27.0. The largest absolute Gasteiger partial charge is 0.492 e. The molecule has 0 spiro atoms. The van der Waals surface area contributed by atoms with E-state index in [0.29, 0.717) is 29.4 Å². The third-order valence-electron chi connectivity index (χ3n) is 6.99. The zero-order valence-electron chi connectivity index (χ0n) is 23.4. The Kier molecular flexibility index (Phi) is 8.32. The number of hydrogen-bond acceptors (Lipinski definition) is 7. The van der Waals surface area contributed by atoms with E-state index in [2.05, 4.69) is 20.5 Å². The van der Waals surface area contributed by atoms with Gasteiger partial charge in [0.15, 0.2) is 5.71 Å². The van der Waals surface area contributed by atoms with Gasteiger partial charge in [-0.1, -0.05) is 56.3 Å². The van der Waals surface area contributed by atoms with Gasteiger partial charge < -0.3 is 20.0 Å². The van der Waals surface area contributed by atoms with Crippen LogP contribution in [0.25, 0.3) is 16.5 Å². The van der Waals surface area contributed by atoms with E-state index < -0.39 is 11.7 Å². The Labute approximate surface area is 238 Å². The number of morpholine rings is 1. The molecule has 3 aromatic carbocycles. The summed E-state index contributed by atoms with van der Waals surface area (Å²) in [6.07, 6.45) is 0. The highest BCUT2D eigenvalue weighted by molar-refractivity contribution is 6.48. The van der Waals surface area contributed by atoms with Gasteiger partial charge in [0, 0.05) is 41.5 Å². The molecule has 0 unspecified atom stereocenters. The van der Waals surface area contributed by atoms with Crippen molar-refractivity contribution >= 4 is 28.1 Å². The highest BCUT2D eigenvalue weighted by Crippen LogP contribution is 2.32. The lowest BCUT2D eigenvalue weighted by Gasteiger charge is -2.26. The van der Waals surface area contributed by atoms with Crippen LogP contribution in [-0.2, 0) is 14.9 Å². The maximum Gasteiger partial charge on any atom is 0.279 e. The molecule has 0 saturated carbocycles. The second-order valence-corrected chi connectivity index (χ2v) is 10.9. The highest BCUT2D eigenvalue weighted by Gasteiger charge is 2.27. The normalized spacial score (nSPS) is 14.8. The Morgan fingerprint density at radius 3 is 2.54 bits per heavy atom. The van der Waals surface area contributed by atoms with Gasteiger partial charge in [0.05, 0.1) is 24.6 Å². The lowest BCUT2D eigenvalue weighted by molar-refractivity contribution is -0.110. The summed E-state index contributed by atoms with van der Waals surface area (Å²) in [5.41, 5.74) is 1.17. The smallest absolute Gasteiger partial charge is 0.279 e. The fourth-order valence-corrected chi connectivity index (χ4v) is 4.73. The van der Waals surface area contributed by atoms with Crippen LogP contribution in [0.5, 0.6) is 5.75 Å². The Morgan fingerprint density at radius 1 is 1.07 bits per heavy atom. The lowest BCUT2D eigenvalue weighted by Crippen LogP contribution is -2.38. The van der Waals surface area contributed by atoms with Crippen LogP contribution >= 0.6 is 0 Å². The second kappa shape index (κ2) is 12.1. The van der Waals surface area contributed by atoms with Gasteiger partial charge in [-0.15, -0.1) is 0 Å². The number of carbonyl (C=O) groups is 1. The van der Waals surface area contributed by atoms with E-state index in [4.69, 9.17) is 9.47 Å². The molecular weight excluding hydrogens is 525 g/mol. The first-order valence-corrected chi connectivity index (χ1v) is 13.6. The molecule has 1 aliphatic rings. The molecule has 1 aromatic heterocycles. The number of hydrogen-bond donors (Lipinski definition) is 2. The van der Waals surface area contributed by atoms with Gasteiger partial charge in [-0.3, -0.25) is 9.69 Å². The molecule has 0 radical (unpaired) electrons. The monoisotopic (exact) mass is 559 g/mol. The van der Waals surface area contributed by atoms with Gasteiger partial charge >= 0.3 is 0 Å². The molecule has 41 heavy (non-hydrogen) atoms. The van der Waals surface area contributed by atoms with E-state index in [1.807, 2.05) is 51.1 Å². The van der Waals surface area contributed by atoms with E-state index in [0.717, 1.165) is 43.6 Å². The van der Waals surface area contributed by atoms with E-state index in [1.165, 1.54) is 16.8 Å². The van der Waals surface area contributed by atoms with Gasteiger partial charge in [0.2, 0.25) is 0 Å². The van der Waals surface area contributed by atoms with Crippen molar-refractivity contribution in [2.24, 2.45) is 5.16 Å². The average Bonchev–Trinajstić information content (AvgIpc) is 3.41. The molecular formula is C31H34FN5O4. The number of fused-ring (bicyclic) bond motifs is 1. The molecule has 1 amide bonds. The van der Waals surface area contributed by atoms with Crippen LogP contribution in [0.2, 0.25) is 0 Å². The maximum atomic E-state index is 14.1. The van der Waals surface area contributed by atoms with Gasteiger partial charge in [0.25, 0.3) is 5.91 Å². The number of nitrogens with one attached hydrogen (secondary N) is 1. The van der Waals surface area contributed by atoms with E-state index >= 15 is 0 Å². The summed E-state index contributed by atoms with van der Waals surface area (Å²) in [5.74, 6) is -0.384. The third-order valence-corrected chi connectivity index (χ3v) is 6.99. The molecule has 2 heterocycles. The highest BCUT2D eigenvalue weighted by atomic mass is 19.1. The van der Waals surface area contributed by atoms with E-state index in [1.54, 1.807) is 24.3 Å². The molecule has 1 aliphatic heterocycles. The van der Waals surface area contributed by atoms with E-state index in [9.17, 15) is 14.4 Å². The Bertz CT molecular complexity index is 1570. The van der Waals surface area contributed by atoms with Crippen molar-refractivity contribution in [1.82, 2.24) is 14.7 Å². The molecule has 4 aromatic rings. The van der Waals surface area contributed by atoms with Crippen LogP contribution in [0.15, 0.2) is 71.9 Å². The van der Waals surface area contributed by atoms with Crippen molar-refractivity contribution < 1.29 is 23.9 Å². The maximum absolute atomic E-state index is 14.1. The number of amides is 1. The SMILES string of the molecule is CC(C)(C)c1cc(/C(=N/O)C(=O)Nc2ccc(OCCN3CCOCC3)c3ccccc23)n(-c2cccc(F)c2)n1. The summed E-state index contributed by atoms with van der Waals surface area (Å²) in [7, 11) is 0. The Balaban J connectivity index is 1.41. The number of aromatic nitrogens is 2. The quantitative estimate of drug-likeness (QED) is 0.179. The van der Waals surface area contributed by atoms with Gasteiger partial charge in [-0.05, 0) is 36.4 Å². The third kappa shape index (κ3) is 6.39. The molecule has 0 atom stereocenters. The second-order valence-electron chi connectivity index (χ2n) is 10.9. The predicted octanol–water partition coefficient (Wildman–Crippen LogP) is 4.99. The molecule has 0 bridgehead atoms. The fraction of sp³-hybridized carbons (Fsp3) is 0.323. The van der Waals surface area contributed by atoms with Crippen LogP contribution in [0.1, 0.15) is 32.2 Å². The van der Waals surface area contributed by atoms with Gasteiger partial charge in [-0.2, -0.15) is 5.10 Å². The zero-order valence-corrected chi connectivity index (χ0v) is 23.4. The number of benzene rings is 3. The summed E-state index contributed by atoms with van der Waals surface area (Å²) in [5, 5.41) is 22.5.